The Kier molecular flexibility index (Phi) is 3.23. The summed E-state index contributed by atoms with van der Waals surface area (Å²) in [4.78, 5) is 8.39. The van der Waals surface area contributed by atoms with Crippen molar-refractivity contribution >= 4 is 5.82 Å². The number of benzene rings is 1. The first-order valence-electron chi connectivity index (χ1n) is 6.05. The molecule has 0 saturated heterocycles. The second-order valence-electron chi connectivity index (χ2n) is 4.10. The Morgan fingerprint density at radius 2 is 1.89 bits per heavy atom. The highest BCUT2D eigenvalue weighted by Gasteiger charge is 2.03. The fourth-order valence-electron chi connectivity index (χ4n) is 1.80. The van der Waals surface area contributed by atoms with Gasteiger partial charge in [-0.25, -0.2) is 9.97 Å². The average Bonchev–Trinajstić information content (AvgIpc) is 3.01. The molecule has 0 atom stereocenters. The van der Waals surface area contributed by atoms with Gasteiger partial charge in [0.05, 0.1) is 6.26 Å². The summed E-state index contributed by atoms with van der Waals surface area (Å²) in [5, 5.41) is 3.27. The minimum Gasteiger partial charge on any atom is -0.463 e. The second-order valence-corrected chi connectivity index (χ2v) is 4.10. The molecule has 0 aliphatic rings. The third-order valence-corrected chi connectivity index (χ3v) is 2.76. The molecule has 94 valence electrons. The van der Waals surface area contributed by atoms with Gasteiger partial charge in [-0.2, -0.15) is 0 Å². The number of hydrogen-bond donors (Lipinski definition) is 1. The summed E-state index contributed by atoms with van der Waals surface area (Å²) in [6.45, 7) is 0.732. The zero-order valence-electron chi connectivity index (χ0n) is 10.3. The molecule has 2 aromatic heterocycles. The van der Waals surface area contributed by atoms with Crippen molar-refractivity contribution in [1.82, 2.24) is 9.97 Å². The maximum absolute atomic E-state index is 5.32. The van der Waals surface area contributed by atoms with Crippen molar-refractivity contribution in [3.8, 4) is 11.5 Å². The molecule has 0 aliphatic heterocycles. The highest BCUT2D eigenvalue weighted by Crippen LogP contribution is 2.19. The molecule has 0 amide bonds. The Morgan fingerprint density at radius 1 is 1.00 bits per heavy atom. The second kappa shape index (κ2) is 5.35. The van der Waals surface area contributed by atoms with Gasteiger partial charge >= 0.3 is 0 Å². The van der Waals surface area contributed by atoms with Crippen LogP contribution in [0.4, 0.5) is 5.82 Å². The van der Waals surface area contributed by atoms with Gasteiger partial charge in [0, 0.05) is 12.6 Å². The van der Waals surface area contributed by atoms with Gasteiger partial charge in [0.1, 0.15) is 17.8 Å². The molecular weight excluding hydrogens is 238 g/mol. The predicted octanol–water partition coefficient (Wildman–Crippen LogP) is 3.35. The Labute approximate surface area is 111 Å². The van der Waals surface area contributed by atoms with Crippen molar-refractivity contribution in [1.29, 1.82) is 0 Å². The van der Waals surface area contributed by atoms with Gasteiger partial charge in [0.15, 0.2) is 5.76 Å². The van der Waals surface area contributed by atoms with Gasteiger partial charge in [-0.1, -0.05) is 30.3 Å². The van der Waals surface area contributed by atoms with E-state index in [0.29, 0.717) is 0 Å². The van der Waals surface area contributed by atoms with E-state index in [0.717, 1.165) is 23.8 Å². The van der Waals surface area contributed by atoms with Crippen molar-refractivity contribution in [3.63, 3.8) is 0 Å². The summed E-state index contributed by atoms with van der Waals surface area (Å²) in [6.07, 6.45) is 3.17. The highest BCUT2D eigenvalue weighted by molar-refractivity contribution is 5.56. The Balaban J connectivity index is 1.74. The molecule has 0 saturated carbocycles. The topological polar surface area (TPSA) is 51.0 Å². The van der Waals surface area contributed by atoms with E-state index in [9.17, 15) is 0 Å². The molecule has 1 aromatic carbocycles. The molecule has 2 heterocycles. The summed E-state index contributed by atoms with van der Waals surface area (Å²) in [6, 6.07) is 15.8. The van der Waals surface area contributed by atoms with Crippen LogP contribution >= 0.6 is 0 Å². The van der Waals surface area contributed by atoms with E-state index < -0.39 is 0 Å². The molecule has 4 heteroatoms. The van der Waals surface area contributed by atoms with Crippen molar-refractivity contribution in [2.45, 2.75) is 6.54 Å². The number of hydrogen-bond acceptors (Lipinski definition) is 4. The number of aromatic nitrogens is 2. The third-order valence-electron chi connectivity index (χ3n) is 2.76. The lowest BCUT2D eigenvalue weighted by atomic mass is 10.2. The van der Waals surface area contributed by atoms with E-state index in [1.807, 2.05) is 36.4 Å². The van der Waals surface area contributed by atoms with Gasteiger partial charge in [0.25, 0.3) is 0 Å². The minimum atomic E-state index is 0.732. The molecule has 0 fully saturated rings. The first kappa shape index (κ1) is 11.5. The Hall–Kier alpha value is -2.62. The summed E-state index contributed by atoms with van der Waals surface area (Å²) >= 11 is 0. The van der Waals surface area contributed by atoms with Crippen LogP contribution in [0.2, 0.25) is 0 Å². The lowest BCUT2D eigenvalue weighted by Crippen LogP contribution is -2.01. The molecule has 0 bridgehead atoms. The van der Waals surface area contributed by atoms with E-state index in [4.69, 9.17) is 4.42 Å². The van der Waals surface area contributed by atoms with Crippen molar-refractivity contribution < 1.29 is 4.42 Å². The summed E-state index contributed by atoms with van der Waals surface area (Å²) in [5.41, 5.74) is 1.98. The van der Waals surface area contributed by atoms with Gasteiger partial charge in [-0.15, -0.1) is 0 Å². The fraction of sp³-hybridized carbons (Fsp3) is 0.0667. The van der Waals surface area contributed by atoms with Crippen LogP contribution in [-0.4, -0.2) is 9.97 Å². The largest absolute Gasteiger partial charge is 0.463 e. The van der Waals surface area contributed by atoms with Crippen LogP contribution in [0.3, 0.4) is 0 Å². The SMILES string of the molecule is c1ccc(CNc2cc(-c3ccco3)ncn2)cc1. The molecule has 19 heavy (non-hydrogen) atoms. The van der Waals surface area contributed by atoms with Crippen LogP contribution in [0.1, 0.15) is 5.56 Å². The van der Waals surface area contributed by atoms with Crippen LogP contribution in [0.25, 0.3) is 11.5 Å². The Morgan fingerprint density at radius 3 is 2.68 bits per heavy atom. The predicted molar refractivity (Wildman–Crippen MR) is 73.5 cm³/mol. The first-order valence-corrected chi connectivity index (χ1v) is 6.05. The number of anilines is 1. The number of nitrogens with zero attached hydrogens (tertiary/aromatic N) is 2. The van der Waals surface area contributed by atoms with Crippen LogP contribution in [0, 0.1) is 0 Å². The number of furan rings is 1. The highest BCUT2D eigenvalue weighted by atomic mass is 16.3. The van der Waals surface area contributed by atoms with E-state index >= 15 is 0 Å². The molecule has 0 unspecified atom stereocenters. The smallest absolute Gasteiger partial charge is 0.152 e. The summed E-state index contributed by atoms with van der Waals surface area (Å²) in [5.74, 6) is 1.52. The fourth-order valence-corrected chi connectivity index (χ4v) is 1.80. The number of nitrogens with one attached hydrogen (secondary N) is 1. The molecule has 0 spiro atoms. The van der Waals surface area contributed by atoms with E-state index in [-0.39, 0.29) is 0 Å². The van der Waals surface area contributed by atoms with Crippen LogP contribution < -0.4 is 5.32 Å². The summed E-state index contributed by atoms with van der Waals surface area (Å²) < 4.78 is 5.32. The monoisotopic (exact) mass is 251 g/mol. The van der Waals surface area contributed by atoms with Crippen molar-refractivity contribution in [2.75, 3.05) is 5.32 Å². The molecule has 1 N–H and O–H groups in total. The van der Waals surface area contributed by atoms with E-state index in [1.54, 1.807) is 6.26 Å². The van der Waals surface area contributed by atoms with Gasteiger partial charge in [-0.05, 0) is 17.7 Å². The average molecular weight is 251 g/mol. The lowest BCUT2D eigenvalue weighted by Gasteiger charge is -2.06. The van der Waals surface area contributed by atoms with Crippen molar-refractivity contribution in [3.05, 3.63) is 66.7 Å². The quantitative estimate of drug-likeness (QED) is 0.772. The lowest BCUT2D eigenvalue weighted by molar-refractivity contribution is 0.580. The standard InChI is InChI=1S/C15H13N3O/c1-2-5-12(6-3-1)10-16-15-9-13(17-11-18-15)14-7-4-8-19-14/h1-9,11H,10H2,(H,16,17,18). The van der Waals surface area contributed by atoms with Gasteiger partial charge < -0.3 is 9.73 Å². The van der Waals surface area contributed by atoms with Crippen LogP contribution in [0.15, 0.2) is 65.5 Å². The Bertz CT molecular complexity index is 636. The first-order chi connectivity index (χ1) is 9.42. The van der Waals surface area contributed by atoms with Gasteiger partial charge in [0.2, 0.25) is 0 Å². The zero-order chi connectivity index (χ0) is 12.9. The molecule has 4 nitrogen and oxygen atoms in total. The third kappa shape index (κ3) is 2.80. The summed E-state index contributed by atoms with van der Waals surface area (Å²) in [7, 11) is 0. The van der Waals surface area contributed by atoms with Crippen molar-refractivity contribution in [2.24, 2.45) is 0 Å². The maximum atomic E-state index is 5.32. The normalized spacial score (nSPS) is 10.3. The molecule has 0 aliphatic carbocycles. The van der Waals surface area contributed by atoms with Crippen LogP contribution in [-0.2, 0) is 6.54 Å². The van der Waals surface area contributed by atoms with Crippen LogP contribution in [0.5, 0.6) is 0 Å². The molecular formula is C15H13N3O. The molecule has 3 aromatic rings. The van der Waals surface area contributed by atoms with Gasteiger partial charge in [-0.3, -0.25) is 0 Å². The maximum Gasteiger partial charge on any atom is 0.152 e. The van der Waals surface area contributed by atoms with E-state index in [1.165, 1.54) is 11.9 Å². The molecule has 3 rings (SSSR count). The molecule has 0 radical (unpaired) electrons. The van der Waals surface area contributed by atoms with E-state index in [2.05, 4.69) is 27.4 Å². The zero-order valence-corrected chi connectivity index (χ0v) is 10.3. The number of rotatable bonds is 4. The minimum absolute atomic E-state index is 0.732.